The summed E-state index contributed by atoms with van der Waals surface area (Å²) in [5.41, 5.74) is 0.110. The van der Waals surface area contributed by atoms with Crippen molar-refractivity contribution in [3.05, 3.63) is 44.0 Å². The number of nitro groups is 2. The minimum atomic E-state index is -0.623. The highest BCUT2D eigenvalue weighted by molar-refractivity contribution is 5.49. The van der Waals surface area contributed by atoms with E-state index in [0.717, 1.165) is 12.5 Å². The van der Waals surface area contributed by atoms with Gasteiger partial charge in [-0.2, -0.15) is 0 Å². The van der Waals surface area contributed by atoms with Gasteiger partial charge in [-0.1, -0.05) is 20.8 Å². The Morgan fingerprint density at radius 3 is 2.24 bits per heavy atom. The van der Waals surface area contributed by atoms with Gasteiger partial charge in [0.2, 0.25) is 0 Å². The molecule has 0 radical (unpaired) electrons. The van der Waals surface area contributed by atoms with E-state index in [0.29, 0.717) is 12.0 Å². The van der Waals surface area contributed by atoms with Crippen LogP contribution in [-0.4, -0.2) is 22.9 Å². The molecule has 0 aliphatic carbocycles. The molecule has 1 aromatic carbocycles. The number of benzene rings is 1. The number of non-ortho nitro benzene ring substituents is 1. The molecule has 0 amide bonds. The van der Waals surface area contributed by atoms with Gasteiger partial charge in [-0.3, -0.25) is 20.2 Å². The van der Waals surface area contributed by atoms with E-state index in [1.165, 1.54) is 12.1 Å². The van der Waals surface area contributed by atoms with Crippen LogP contribution in [0.15, 0.2) is 18.2 Å². The quantitative estimate of drug-likeness (QED) is 0.642. The van der Waals surface area contributed by atoms with Crippen LogP contribution in [0, 0.1) is 25.6 Å². The molecule has 1 aromatic rings. The largest absolute Gasteiger partial charge is 0.316 e. The second-order valence-electron chi connectivity index (χ2n) is 6.07. The van der Waals surface area contributed by atoms with E-state index >= 15 is 0 Å². The number of nitrogens with zero attached hydrogens (tertiary/aromatic N) is 2. The highest BCUT2D eigenvalue weighted by atomic mass is 16.6. The minimum absolute atomic E-state index is 0.0321. The summed E-state index contributed by atoms with van der Waals surface area (Å²) in [5.74, 6) is 0. The van der Waals surface area contributed by atoms with Crippen molar-refractivity contribution < 1.29 is 9.85 Å². The van der Waals surface area contributed by atoms with Crippen LogP contribution in [0.3, 0.4) is 0 Å². The molecular weight excluding hydrogens is 274 g/mol. The average Bonchev–Trinajstić information content (AvgIpc) is 2.37. The summed E-state index contributed by atoms with van der Waals surface area (Å²) in [6.45, 7) is 6.29. The van der Waals surface area contributed by atoms with Gasteiger partial charge in [-0.15, -0.1) is 0 Å². The Morgan fingerprint density at radius 2 is 1.81 bits per heavy atom. The van der Waals surface area contributed by atoms with Crippen LogP contribution < -0.4 is 5.32 Å². The van der Waals surface area contributed by atoms with E-state index in [1.54, 1.807) is 0 Å². The molecule has 0 saturated heterocycles. The predicted octanol–water partition coefficient (Wildman–Crippen LogP) is 3.07. The maximum Gasteiger partial charge on any atom is 0.279 e. The Hall–Kier alpha value is -2.02. The molecule has 0 spiro atoms. The Balaban J connectivity index is 2.98. The Kier molecular flexibility index (Phi) is 5.37. The van der Waals surface area contributed by atoms with Crippen molar-refractivity contribution in [1.29, 1.82) is 0 Å². The van der Waals surface area contributed by atoms with Gasteiger partial charge in [-0.25, -0.2) is 0 Å². The van der Waals surface area contributed by atoms with Crippen LogP contribution in [0.4, 0.5) is 11.4 Å². The third-order valence-electron chi connectivity index (χ3n) is 3.57. The van der Waals surface area contributed by atoms with E-state index < -0.39 is 9.85 Å². The second kappa shape index (κ2) is 6.62. The van der Waals surface area contributed by atoms with Gasteiger partial charge >= 0.3 is 0 Å². The van der Waals surface area contributed by atoms with Crippen LogP contribution in [0.25, 0.3) is 0 Å². The normalized spacial score (nSPS) is 13.0. The van der Waals surface area contributed by atoms with Gasteiger partial charge in [-0.05, 0) is 31.4 Å². The number of rotatable bonds is 6. The van der Waals surface area contributed by atoms with Gasteiger partial charge in [0.25, 0.3) is 11.4 Å². The summed E-state index contributed by atoms with van der Waals surface area (Å²) in [5, 5.41) is 25.0. The maximum absolute atomic E-state index is 11.1. The second-order valence-corrected chi connectivity index (χ2v) is 6.07. The van der Waals surface area contributed by atoms with Crippen molar-refractivity contribution in [3.63, 3.8) is 0 Å². The number of nitro benzene ring substituents is 2. The molecule has 0 aromatic heterocycles. The van der Waals surface area contributed by atoms with Crippen molar-refractivity contribution in [2.75, 3.05) is 7.05 Å². The molecular formula is C14H21N3O4. The van der Waals surface area contributed by atoms with E-state index in [-0.39, 0.29) is 22.8 Å². The van der Waals surface area contributed by atoms with Gasteiger partial charge in [0, 0.05) is 17.7 Å². The summed E-state index contributed by atoms with van der Waals surface area (Å²) in [7, 11) is 1.86. The van der Waals surface area contributed by atoms with E-state index in [9.17, 15) is 20.2 Å². The summed E-state index contributed by atoms with van der Waals surface area (Å²) in [4.78, 5) is 20.6. The average molecular weight is 295 g/mol. The Morgan fingerprint density at radius 1 is 1.19 bits per heavy atom. The summed E-state index contributed by atoms with van der Waals surface area (Å²) in [6.07, 6.45) is 1.22. The molecule has 1 unspecified atom stereocenters. The van der Waals surface area contributed by atoms with Crippen molar-refractivity contribution in [1.82, 2.24) is 5.32 Å². The number of hydrogen-bond acceptors (Lipinski definition) is 5. The van der Waals surface area contributed by atoms with Crippen LogP contribution >= 0.6 is 0 Å². The van der Waals surface area contributed by atoms with E-state index in [1.807, 2.05) is 7.05 Å². The highest BCUT2D eigenvalue weighted by Gasteiger charge is 2.25. The SMILES string of the molecule is CNC(CCc1ccc([N+](=O)[O-])cc1[N+](=O)[O-])C(C)(C)C. The molecule has 0 fully saturated rings. The molecule has 7 nitrogen and oxygen atoms in total. The first-order valence-electron chi connectivity index (χ1n) is 6.75. The van der Waals surface area contributed by atoms with E-state index in [4.69, 9.17) is 0 Å². The molecule has 0 aliphatic heterocycles. The Bertz CT molecular complexity index is 538. The number of aryl methyl sites for hydroxylation is 1. The fourth-order valence-electron chi connectivity index (χ4n) is 2.36. The van der Waals surface area contributed by atoms with Gasteiger partial charge < -0.3 is 5.32 Å². The van der Waals surface area contributed by atoms with Crippen molar-refractivity contribution in [3.8, 4) is 0 Å². The van der Waals surface area contributed by atoms with Crippen molar-refractivity contribution >= 4 is 11.4 Å². The molecule has 0 aliphatic rings. The lowest BCUT2D eigenvalue weighted by Gasteiger charge is -2.30. The molecule has 0 heterocycles. The minimum Gasteiger partial charge on any atom is -0.316 e. The molecule has 1 rings (SSSR count). The van der Waals surface area contributed by atoms with Gasteiger partial charge in [0.1, 0.15) is 0 Å². The number of nitrogens with one attached hydrogen (secondary N) is 1. The van der Waals surface area contributed by atoms with Crippen molar-refractivity contribution in [2.45, 2.75) is 39.7 Å². The summed E-state index contributed by atoms with van der Waals surface area (Å²) >= 11 is 0. The molecule has 7 heteroatoms. The zero-order valence-corrected chi connectivity index (χ0v) is 12.8. The molecule has 0 saturated carbocycles. The third kappa shape index (κ3) is 4.49. The maximum atomic E-state index is 11.1. The van der Waals surface area contributed by atoms with Crippen LogP contribution in [0.5, 0.6) is 0 Å². The molecule has 0 bridgehead atoms. The standard InChI is InChI=1S/C14H21N3O4/c1-14(2,3)13(15-4)8-6-10-5-7-11(16(18)19)9-12(10)17(20)21/h5,7,9,13,15H,6,8H2,1-4H3. The monoisotopic (exact) mass is 295 g/mol. The summed E-state index contributed by atoms with van der Waals surface area (Å²) in [6, 6.07) is 4.02. The van der Waals surface area contributed by atoms with E-state index in [2.05, 4.69) is 26.1 Å². The van der Waals surface area contributed by atoms with Gasteiger partial charge in [0.15, 0.2) is 0 Å². The predicted molar refractivity (Wildman–Crippen MR) is 80.4 cm³/mol. The zero-order valence-electron chi connectivity index (χ0n) is 12.8. The lowest BCUT2D eigenvalue weighted by molar-refractivity contribution is -0.394. The topological polar surface area (TPSA) is 98.3 Å². The lowest BCUT2D eigenvalue weighted by Crippen LogP contribution is -2.38. The molecule has 21 heavy (non-hydrogen) atoms. The first-order chi connectivity index (χ1) is 9.66. The lowest BCUT2D eigenvalue weighted by atomic mass is 9.83. The van der Waals surface area contributed by atoms with Gasteiger partial charge in [0.05, 0.1) is 15.9 Å². The third-order valence-corrected chi connectivity index (χ3v) is 3.57. The fourth-order valence-corrected chi connectivity index (χ4v) is 2.36. The smallest absolute Gasteiger partial charge is 0.279 e. The van der Waals surface area contributed by atoms with Crippen LogP contribution in [0.1, 0.15) is 32.8 Å². The molecule has 1 N–H and O–H groups in total. The molecule has 116 valence electrons. The summed E-state index contributed by atoms with van der Waals surface area (Å²) < 4.78 is 0. The molecule has 1 atom stereocenters. The zero-order chi connectivity index (χ0) is 16.2. The first kappa shape index (κ1) is 17.0. The fraction of sp³-hybridized carbons (Fsp3) is 0.571. The van der Waals surface area contributed by atoms with Crippen molar-refractivity contribution in [2.24, 2.45) is 5.41 Å². The first-order valence-corrected chi connectivity index (χ1v) is 6.75. The van der Waals surface area contributed by atoms with Crippen LogP contribution in [-0.2, 0) is 6.42 Å². The highest BCUT2D eigenvalue weighted by Crippen LogP contribution is 2.28. The number of hydrogen-bond donors (Lipinski definition) is 1. The Labute approximate surface area is 123 Å². The van der Waals surface area contributed by atoms with Crippen LogP contribution in [0.2, 0.25) is 0 Å².